The van der Waals surface area contributed by atoms with Gasteiger partial charge in [0, 0.05) is 12.1 Å². The van der Waals surface area contributed by atoms with Crippen LogP contribution in [-0.4, -0.2) is 43.3 Å². The van der Waals surface area contributed by atoms with Crippen molar-refractivity contribution in [3.8, 4) is 0 Å². The molecule has 19 heavy (non-hydrogen) atoms. The molecule has 114 valence electrons. The van der Waals surface area contributed by atoms with Crippen molar-refractivity contribution in [1.29, 1.82) is 0 Å². The van der Waals surface area contributed by atoms with Gasteiger partial charge in [-0.15, -0.1) is 0 Å². The summed E-state index contributed by atoms with van der Waals surface area (Å²) in [5.41, 5.74) is 0. The van der Waals surface area contributed by atoms with Crippen molar-refractivity contribution >= 4 is 0 Å². The standard InChI is InChI=1S/C14H27F3N2/c1-3-10-18-12-8-6-4-5-7-9-13(12)19(2)11-14(15,16)17/h12-13,18H,3-11H2,1-2H3. The minimum atomic E-state index is -4.10. The molecule has 0 saturated heterocycles. The molecule has 1 N–H and O–H groups in total. The molecule has 2 unspecified atom stereocenters. The second kappa shape index (κ2) is 8.10. The van der Waals surface area contributed by atoms with Gasteiger partial charge in [0.15, 0.2) is 0 Å². The summed E-state index contributed by atoms with van der Waals surface area (Å²) in [4.78, 5) is 1.50. The number of likely N-dealkylation sites (N-methyl/N-ethyl adjacent to an activating group) is 1. The van der Waals surface area contributed by atoms with Crippen LogP contribution in [0.25, 0.3) is 0 Å². The molecule has 1 aliphatic carbocycles. The Morgan fingerprint density at radius 2 is 1.74 bits per heavy atom. The first-order valence-corrected chi connectivity index (χ1v) is 7.44. The minimum absolute atomic E-state index is 0.00785. The summed E-state index contributed by atoms with van der Waals surface area (Å²) in [5, 5.41) is 3.45. The second-order valence-electron chi connectivity index (χ2n) is 5.65. The van der Waals surface area contributed by atoms with Gasteiger partial charge in [0.1, 0.15) is 0 Å². The molecule has 1 rings (SSSR count). The van der Waals surface area contributed by atoms with E-state index in [4.69, 9.17) is 0 Å². The SMILES string of the molecule is CCCNC1CCCCCCC1N(C)CC(F)(F)F. The van der Waals surface area contributed by atoms with Crippen LogP contribution in [0.4, 0.5) is 13.2 Å². The minimum Gasteiger partial charge on any atom is -0.312 e. The lowest BCUT2D eigenvalue weighted by molar-refractivity contribution is -0.149. The van der Waals surface area contributed by atoms with Crippen LogP contribution in [0, 0.1) is 0 Å². The summed E-state index contributed by atoms with van der Waals surface area (Å²) < 4.78 is 37.7. The fraction of sp³-hybridized carbons (Fsp3) is 1.00. The molecule has 0 heterocycles. The van der Waals surface area contributed by atoms with Gasteiger partial charge in [-0.2, -0.15) is 13.2 Å². The van der Waals surface area contributed by atoms with Crippen LogP contribution in [0.5, 0.6) is 0 Å². The molecule has 0 aromatic rings. The smallest absolute Gasteiger partial charge is 0.312 e. The zero-order valence-corrected chi connectivity index (χ0v) is 12.1. The van der Waals surface area contributed by atoms with Gasteiger partial charge in [0.2, 0.25) is 0 Å². The summed E-state index contributed by atoms with van der Waals surface area (Å²) in [5.74, 6) is 0. The van der Waals surface area contributed by atoms with E-state index in [2.05, 4.69) is 12.2 Å². The van der Waals surface area contributed by atoms with Crippen LogP contribution >= 0.6 is 0 Å². The van der Waals surface area contributed by atoms with Crippen molar-refractivity contribution in [2.45, 2.75) is 70.1 Å². The average molecular weight is 280 g/mol. The van der Waals surface area contributed by atoms with Gasteiger partial charge < -0.3 is 5.32 Å². The molecule has 1 fully saturated rings. The first kappa shape index (κ1) is 16.8. The Morgan fingerprint density at radius 1 is 1.11 bits per heavy atom. The molecule has 0 aromatic carbocycles. The molecule has 5 heteroatoms. The maximum absolute atomic E-state index is 12.6. The maximum atomic E-state index is 12.6. The highest BCUT2D eigenvalue weighted by molar-refractivity contribution is 4.85. The quantitative estimate of drug-likeness (QED) is 0.828. The van der Waals surface area contributed by atoms with E-state index in [1.54, 1.807) is 7.05 Å². The van der Waals surface area contributed by atoms with Crippen molar-refractivity contribution in [2.24, 2.45) is 0 Å². The summed E-state index contributed by atoms with van der Waals surface area (Å²) in [6.45, 7) is 2.17. The van der Waals surface area contributed by atoms with Crippen LogP contribution in [-0.2, 0) is 0 Å². The normalized spacial score (nSPS) is 26.2. The first-order valence-electron chi connectivity index (χ1n) is 7.44. The largest absolute Gasteiger partial charge is 0.401 e. The third kappa shape index (κ3) is 6.61. The molecule has 0 amide bonds. The predicted octanol–water partition coefficient (Wildman–Crippen LogP) is 3.57. The van der Waals surface area contributed by atoms with Crippen LogP contribution in [0.15, 0.2) is 0 Å². The lowest BCUT2D eigenvalue weighted by atomic mass is 9.91. The highest BCUT2D eigenvalue weighted by atomic mass is 19.4. The van der Waals surface area contributed by atoms with Crippen molar-refractivity contribution in [2.75, 3.05) is 20.1 Å². The van der Waals surface area contributed by atoms with E-state index >= 15 is 0 Å². The molecule has 1 aliphatic rings. The second-order valence-corrected chi connectivity index (χ2v) is 5.65. The summed E-state index contributed by atoms with van der Waals surface area (Å²) >= 11 is 0. The monoisotopic (exact) mass is 280 g/mol. The molecule has 0 bridgehead atoms. The van der Waals surface area contributed by atoms with E-state index in [-0.39, 0.29) is 12.1 Å². The summed E-state index contributed by atoms with van der Waals surface area (Å²) in [6, 6.07) is 0.209. The highest BCUT2D eigenvalue weighted by Crippen LogP contribution is 2.24. The lowest BCUT2D eigenvalue weighted by Gasteiger charge is -2.37. The third-order valence-corrected chi connectivity index (χ3v) is 3.88. The summed E-state index contributed by atoms with van der Waals surface area (Å²) in [6.07, 6.45) is 3.30. The van der Waals surface area contributed by atoms with Crippen LogP contribution < -0.4 is 5.32 Å². The van der Waals surface area contributed by atoms with E-state index in [1.165, 1.54) is 11.3 Å². The van der Waals surface area contributed by atoms with E-state index in [0.717, 1.165) is 45.1 Å². The fourth-order valence-electron chi connectivity index (χ4n) is 2.96. The van der Waals surface area contributed by atoms with Gasteiger partial charge in [-0.05, 0) is 32.9 Å². The first-order chi connectivity index (χ1) is 8.94. The van der Waals surface area contributed by atoms with Crippen molar-refractivity contribution < 1.29 is 13.2 Å². The number of nitrogens with zero attached hydrogens (tertiary/aromatic N) is 1. The zero-order chi connectivity index (χ0) is 14.3. The molecular formula is C14H27F3N2. The van der Waals surface area contributed by atoms with Gasteiger partial charge in [0.05, 0.1) is 6.54 Å². The third-order valence-electron chi connectivity index (χ3n) is 3.88. The van der Waals surface area contributed by atoms with Crippen LogP contribution in [0.3, 0.4) is 0 Å². The van der Waals surface area contributed by atoms with Crippen LogP contribution in [0.2, 0.25) is 0 Å². The zero-order valence-electron chi connectivity index (χ0n) is 12.1. The van der Waals surface area contributed by atoms with E-state index < -0.39 is 12.7 Å². The summed E-state index contributed by atoms with van der Waals surface area (Å²) in [7, 11) is 1.61. The Morgan fingerprint density at radius 3 is 2.32 bits per heavy atom. The Labute approximate surface area is 114 Å². The lowest BCUT2D eigenvalue weighted by Crippen LogP contribution is -2.51. The average Bonchev–Trinajstić information content (AvgIpc) is 2.25. The topological polar surface area (TPSA) is 15.3 Å². The number of hydrogen-bond acceptors (Lipinski definition) is 2. The van der Waals surface area contributed by atoms with Gasteiger partial charge >= 0.3 is 6.18 Å². The number of alkyl halides is 3. The molecule has 1 saturated carbocycles. The fourth-order valence-corrected chi connectivity index (χ4v) is 2.96. The van der Waals surface area contributed by atoms with Gasteiger partial charge in [-0.25, -0.2) is 0 Å². The van der Waals surface area contributed by atoms with Gasteiger partial charge in [-0.3, -0.25) is 4.90 Å². The van der Waals surface area contributed by atoms with Gasteiger partial charge in [-0.1, -0.05) is 32.6 Å². The van der Waals surface area contributed by atoms with Crippen LogP contribution in [0.1, 0.15) is 51.9 Å². The molecule has 0 radical (unpaired) electrons. The van der Waals surface area contributed by atoms with Crippen molar-refractivity contribution in [3.05, 3.63) is 0 Å². The number of nitrogens with one attached hydrogen (secondary N) is 1. The molecule has 0 aliphatic heterocycles. The van der Waals surface area contributed by atoms with E-state index in [0.29, 0.717) is 0 Å². The number of halogens is 3. The Hall–Kier alpha value is -0.290. The molecule has 2 atom stereocenters. The van der Waals surface area contributed by atoms with Crippen molar-refractivity contribution in [1.82, 2.24) is 10.2 Å². The molecule has 2 nitrogen and oxygen atoms in total. The highest BCUT2D eigenvalue weighted by Gasteiger charge is 2.34. The predicted molar refractivity (Wildman–Crippen MR) is 72.3 cm³/mol. The molecular weight excluding hydrogens is 253 g/mol. The number of hydrogen-bond donors (Lipinski definition) is 1. The molecule has 0 aromatic heterocycles. The Bertz CT molecular complexity index is 241. The van der Waals surface area contributed by atoms with Crippen molar-refractivity contribution in [3.63, 3.8) is 0 Å². The van der Waals surface area contributed by atoms with E-state index in [1.807, 2.05) is 0 Å². The Balaban J connectivity index is 2.63. The number of rotatable bonds is 5. The maximum Gasteiger partial charge on any atom is 0.401 e. The van der Waals surface area contributed by atoms with Gasteiger partial charge in [0.25, 0.3) is 0 Å². The Kier molecular flexibility index (Phi) is 7.15. The molecule has 0 spiro atoms. The van der Waals surface area contributed by atoms with E-state index in [9.17, 15) is 13.2 Å².